The molecular formula is C26H20FIN4O3. The molecule has 176 valence electrons. The van der Waals surface area contributed by atoms with Crippen LogP contribution in [0.4, 0.5) is 10.1 Å². The average Bonchev–Trinajstić information content (AvgIpc) is 3.26. The van der Waals surface area contributed by atoms with Gasteiger partial charge in [-0.15, -0.1) is 0 Å². The number of anilines is 1. The van der Waals surface area contributed by atoms with Crippen LogP contribution < -0.4 is 14.8 Å². The topological polar surface area (TPSA) is 100 Å². The van der Waals surface area contributed by atoms with Gasteiger partial charge in [0.1, 0.15) is 17.7 Å². The first-order chi connectivity index (χ1) is 17.0. The van der Waals surface area contributed by atoms with Crippen molar-refractivity contribution in [1.29, 1.82) is 5.26 Å². The summed E-state index contributed by atoms with van der Waals surface area (Å²) in [7, 11) is 0. The Bertz CT molecular complexity index is 1440. The average molecular weight is 582 g/mol. The number of carbonyl (C=O) groups is 1. The molecule has 0 saturated carbocycles. The van der Waals surface area contributed by atoms with Crippen molar-refractivity contribution in [2.24, 2.45) is 0 Å². The number of aromatic nitrogens is 2. The molecule has 0 aliphatic rings. The van der Waals surface area contributed by atoms with Gasteiger partial charge in [-0.3, -0.25) is 4.79 Å². The first-order valence-electron chi connectivity index (χ1n) is 10.7. The van der Waals surface area contributed by atoms with Crippen molar-refractivity contribution in [2.45, 2.75) is 6.92 Å². The van der Waals surface area contributed by atoms with Crippen LogP contribution in [0.3, 0.4) is 0 Å². The minimum Gasteiger partial charge on any atom is -0.490 e. The highest BCUT2D eigenvalue weighted by atomic mass is 127. The fourth-order valence-corrected chi connectivity index (χ4v) is 4.14. The van der Waals surface area contributed by atoms with E-state index in [1.807, 2.05) is 31.2 Å². The smallest absolute Gasteiger partial charge is 0.262 e. The normalized spacial score (nSPS) is 11.2. The SMILES string of the molecule is CCOc1cc(/C=C(/C#N)c2nc3ccc(F)cc3[nH]2)cc(I)c1OCC(=O)Nc1ccccc1. The molecule has 0 spiro atoms. The number of amides is 1. The third-order valence-corrected chi connectivity index (χ3v) is 5.67. The monoisotopic (exact) mass is 582 g/mol. The number of nitrogens with one attached hydrogen (secondary N) is 2. The lowest BCUT2D eigenvalue weighted by atomic mass is 10.1. The number of hydrogen-bond acceptors (Lipinski definition) is 5. The molecule has 7 nitrogen and oxygen atoms in total. The molecule has 0 aliphatic heterocycles. The van der Waals surface area contributed by atoms with Gasteiger partial charge in [0.2, 0.25) is 0 Å². The summed E-state index contributed by atoms with van der Waals surface area (Å²) in [6.07, 6.45) is 1.66. The number of para-hydroxylation sites is 1. The zero-order valence-electron chi connectivity index (χ0n) is 18.6. The van der Waals surface area contributed by atoms with Crippen LogP contribution in [-0.2, 0) is 4.79 Å². The van der Waals surface area contributed by atoms with E-state index in [9.17, 15) is 14.4 Å². The van der Waals surface area contributed by atoms with Gasteiger partial charge in [0.15, 0.2) is 18.1 Å². The first kappa shape index (κ1) is 24.2. The molecule has 0 unspecified atom stereocenters. The highest BCUT2D eigenvalue weighted by Gasteiger charge is 2.15. The van der Waals surface area contributed by atoms with Crippen LogP contribution >= 0.6 is 22.6 Å². The van der Waals surface area contributed by atoms with Gasteiger partial charge in [-0.25, -0.2) is 9.37 Å². The van der Waals surface area contributed by atoms with Crippen LogP contribution in [-0.4, -0.2) is 29.1 Å². The van der Waals surface area contributed by atoms with Crippen molar-refractivity contribution in [1.82, 2.24) is 9.97 Å². The van der Waals surface area contributed by atoms with Gasteiger partial charge in [0.05, 0.1) is 26.8 Å². The number of fused-ring (bicyclic) bond motifs is 1. The number of imidazole rings is 1. The van der Waals surface area contributed by atoms with Gasteiger partial charge in [0.25, 0.3) is 5.91 Å². The summed E-state index contributed by atoms with van der Waals surface area (Å²) in [6, 6.07) is 19.0. The van der Waals surface area contributed by atoms with Crippen LogP contribution in [0.2, 0.25) is 0 Å². The Morgan fingerprint density at radius 3 is 2.74 bits per heavy atom. The standard InChI is InChI=1S/C26H20FIN4O3/c1-2-34-23-12-16(10-17(14-29)26-31-21-9-8-18(27)13-22(21)32-26)11-20(28)25(23)35-15-24(33)30-19-6-4-3-5-7-19/h3-13H,2,15H2,1H3,(H,30,33)(H,31,32)/b17-10-. The van der Waals surface area contributed by atoms with Crippen molar-refractivity contribution in [3.63, 3.8) is 0 Å². The summed E-state index contributed by atoms with van der Waals surface area (Å²) < 4.78 is 25.8. The molecule has 1 aromatic heterocycles. The second kappa shape index (κ2) is 11.0. The molecule has 0 atom stereocenters. The molecule has 4 aromatic rings. The van der Waals surface area contributed by atoms with E-state index in [0.29, 0.717) is 49.8 Å². The van der Waals surface area contributed by atoms with E-state index in [2.05, 4.69) is 43.9 Å². The molecule has 2 N–H and O–H groups in total. The fraction of sp³-hybridized carbons (Fsp3) is 0.115. The Labute approximate surface area is 214 Å². The number of H-pyrrole nitrogens is 1. The molecule has 3 aromatic carbocycles. The molecule has 0 radical (unpaired) electrons. The van der Waals surface area contributed by atoms with E-state index >= 15 is 0 Å². The third-order valence-electron chi connectivity index (χ3n) is 4.87. The fourth-order valence-electron chi connectivity index (χ4n) is 3.36. The molecule has 1 heterocycles. The number of rotatable bonds is 8. The predicted molar refractivity (Wildman–Crippen MR) is 140 cm³/mol. The van der Waals surface area contributed by atoms with E-state index in [-0.39, 0.29) is 23.9 Å². The molecule has 0 aliphatic carbocycles. The molecule has 9 heteroatoms. The number of nitrogens with zero attached hydrogens (tertiary/aromatic N) is 2. The Kier molecular flexibility index (Phi) is 7.62. The molecule has 0 saturated heterocycles. The van der Waals surface area contributed by atoms with Gasteiger partial charge in [-0.1, -0.05) is 18.2 Å². The number of aromatic amines is 1. The number of ether oxygens (including phenoxy) is 2. The third kappa shape index (κ3) is 5.96. The second-order valence-electron chi connectivity index (χ2n) is 7.38. The van der Waals surface area contributed by atoms with Crippen LogP contribution in [0.15, 0.2) is 60.7 Å². The summed E-state index contributed by atoms with van der Waals surface area (Å²) in [5, 5.41) is 12.5. The van der Waals surface area contributed by atoms with Gasteiger partial charge >= 0.3 is 0 Å². The highest BCUT2D eigenvalue weighted by Crippen LogP contribution is 2.35. The summed E-state index contributed by atoms with van der Waals surface area (Å²) in [5.41, 5.74) is 2.70. The van der Waals surface area contributed by atoms with Crippen molar-refractivity contribution in [3.8, 4) is 17.6 Å². The van der Waals surface area contributed by atoms with Crippen LogP contribution in [0.25, 0.3) is 22.7 Å². The van der Waals surface area contributed by atoms with Crippen molar-refractivity contribution < 1.29 is 18.7 Å². The predicted octanol–water partition coefficient (Wildman–Crippen LogP) is 5.79. The molecule has 35 heavy (non-hydrogen) atoms. The van der Waals surface area contributed by atoms with E-state index in [1.54, 1.807) is 30.3 Å². The number of carbonyl (C=O) groups excluding carboxylic acids is 1. The summed E-state index contributed by atoms with van der Waals surface area (Å²) in [5.74, 6) is 0.525. The minimum atomic E-state index is -0.390. The Hall–Kier alpha value is -3.91. The Morgan fingerprint density at radius 1 is 1.20 bits per heavy atom. The van der Waals surface area contributed by atoms with Gasteiger partial charge < -0.3 is 19.8 Å². The first-order valence-corrected chi connectivity index (χ1v) is 11.8. The minimum absolute atomic E-state index is 0.195. The zero-order chi connectivity index (χ0) is 24.8. The van der Waals surface area contributed by atoms with Crippen molar-refractivity contribution in [2.75, 3.05) is 18.5 Å². The highest BCUT2D eigenvalue weighted by molar-refractivity contribution is 14.1. The zero-order valence-corrected chi connectivity index (χ0v) is 20.8. The van der Waals surface area contributed by atoms with Crippen molar-refractivity contribution >= 4 is 56.9 Å². The van der Waals surface area contributed by atoms with E-state index in [0.717, 1.165) is 0 Å². The van der Waals surface area contributed by atoms with Crippen LogP contribution in [0.5, 0.6) is 11.5 Å². The van der Waals surface area contributed by atoms with Gasteiger partial charge in [-0.2, -0.15) is 5.26 Å². The maximum absolute atomic E-state index is 13.5. The lowest BCUT2D eigenvalue weighted by Crippen LogP contribution is -2.20. The van der Waals surface area contributed by atoms with E-state index < -0.39 is 0 Å². The summed E-state index contributed by atoms with van der Waals surface area (Å²) >= 11 is 2.10. The number of allylic oxidation sites excluding steroid dienone is 1. The van der Waals surface area contributed by atoms with Crippen molar-refractivity contribution in [3.05, 3.63) is 81.4 Å². The lowest BCUT2D eigenvalue weighted by molar-refractivity contribution is -0.118. The summed E-state index contributed by atoms with van der Waals surface area (Å²) in [6.45, 7) is 2.03. The van der Waals surface area contributed by atoms with Gasteiger partial charge in [0, 0.05) is 5.69 Å². The number of hydrogen-bond donors (Lipinski definition) is 2. The van der Waals surface area contributed by atoms with Gasteiger partial charge in [-0.05, 0) is 83.6 Å². The quantitative estimate of drug-likeness (QED) is 0.203. The number of halogens is 2. The van der Waals surface area contributed by atoms with Crippen LogP contribution in [0.1, 0.15) is 18.3 Å². The Morgan fingerprint density at radius 2 is 2.00 bits per heavy atom. The maximum atomic E-state index is 13.5. The molecule has 1 amide bonds. The molecule has 4 rings (SSSR count). The number of nitriles is 1. The molecular weight excluding hydrogens is 562 g/mol. The largest absolute Gasteiger partial charge is 0.490 e. The molecule has 0 fully saturated rings. The Balaban J connectivity index is 1.58. The van der Waals surface area contributed by atoms with E-state index in [4.69, 9.17) is 9.47 Å². The summed E-state index contributed by atoms with van der Waals surface area (Å²) in [4.78, 5) is 19.7. The number of benzene rings is 3. The maximum Gasteiger partial charge on any atom is 0.262 e. The lowest BCUT2D eigenvalue weighted by Gasteiger charge is -2.15. The molecule has 0 bridgehead atoms. The van der Waals surface area contributed by atoms with Crippen LogP contribution in [0, 0.1) is 20.7 Å². The van der Waals surface area contributed by atoms with E-state index in [1.165, 1.54) is 12.1 Å². The second-order valence-corrected chi connectivity index (χ2v) is 8.54.